The van der Waals surface area contributed by atoms with Crippen molar-refractivity contribution in [2.24, 2.45) is 0 Å². The predicted octanol–water partition coefficient (Wildman–Crippen LogP) is 15.3. The average molecular weight is 701 g/mol. The second-order valence-corrected chi connectivity index (χ2v) is 14.7. The number of hydrogen-bond donors (Lipinski definition) is 0. The van der Waals surface area contributed by atoms with Crippen molar-refractivity contribution >= 4 is 98.1 Å². The van der Waals surface area contributed by atoms with Gasteiger partial charge in [0.25, 0.3) is 0 Å². The van der Waals surface area contributed by atoms with Gasteiger partial charge >= 0.3 is 0 Å². The van der Waals surface area contributed by atoms with Crippen LogP contribution < -0.4 is 0 Å². The lowest BCUT2D eigenvalue weighted by atomic mass is 9.83. The molecule has 0 N–H and O–H groups in total. The smallest absolute Gasteiger partial charge is 0.143 e. The Balaban J connectivity index is 1.16. The van der Waals surface area contributed by atoms with Gasteiger partial charge < -0.3 is 13.3 Å². The molecule has 55 heavy (non-hydrogen) atoms. The number of hydrogen-bond acceptors (Lipinski definition) is 3. The number of benzene rings is 10. The van der Waals surface area contributed by atoms with E-state index in [4.69, 9.17) is 13.3 Å². The molecule has 13 aromatic rings. The zero-order chi connectivity index (χ0) is 35.8. The van der Waals surface area contributed by atoms with Crippen molar-refractivity contribution in [3.63, 3.8) is 0 Å². The molecule has 0 aliphatic rings. The monoisotopic (exact) mass is 700 g/mol. The fourth-order valence-electron chi connectivity index (χ4n) is 9.47. The predicted molar refractivity (Wildman–Crippen MR) is 228 cm³/mol. The highest BCUT2D eigenvalue weighted by Crippen LogP contribution is 2.49. The average Bonchev–Trinajstić information content (AvgIpc) is 3.94. The Kier molecular flexibility index (Phi) is 5.63. The van der Waals surface area contributed by atoms with E-state index >= 15 is 0 Å². The van der Waals surface area contributed by atoms with Crippen molar-refractivity contribution < 1.29 is 13.3 Å². The van der Waals surface area contributed by atoms with Crippen LogP contribution in [0.25, 0.3) is 132 Å². The first-order valence-electron chi connectivity index (χ1n) is 18.7. The molecule has 3 heterocycles. The summed E-state index contributed by atoms with van der Waals surface area (Å²) in [6.07, 6.45) is 0. The molecule has 0 saturated carbocycles. The van der Waals surface area contributed by atoms with Crippen molar-refractivity contribution in [1.29, 1.82) is 0 Å². The summed E-state index contributed by atoms with van der Waals surface area (Å²) in [6, 6.07) is 60.6. The molecule has 0 radical (unpaired) electrons. The molecule has 0 aliphatic heterocycles. The molecule has 0 bridgehead atoms. The van der Waals surface area contributed by atoms with Gasteiger partial charge in [0, 0.05) is 49.0 Å². The number of para-hydroxylation sites is 6. The fourth-order valence-corrected chi connectivity index (χ4v) is 9.47. The quantitative estimate of drug-likeness (QED) is 0.172. The number of rotatable bonds is 3. The van der Waals surface area contributed by atoms with Gasteiger partial charge in [-0.3, -0.25) is 0 Å². The highest BCUT2D eigenvalue weighted by Gasteiger charge is 2.23. The Hall–Kier alpha value is -7.36. The molecule has 0 fully saturated rings. The second kappa shape index (κ2) is 10.6. The minimum absolute atomic E-state index is 0.896. The molecule has 0 aliphatic carbocycles. The molecule has 13 rings (SSSR count). The number of furan rings is 3. The Bertz CT molecular complexity index is 3720. The maximum atomic E-state index is 6.64. The van der Waals surface area contributed by atoms with E-state index in [1.165, 1.54) is 32.3 Å². The minimum atomic E-state index is 0.896. The summed E-state index contributed by atoms with van der Waals surface area (Å²) in [7, 11) is 0. The molecule has 0 amide bonds. The second-order valence-electron chi connectivity index (χ2n) is 14.7. The highest BCUT2D eigenvalue weighted by atomic mass is 16.3. The summed E-state index contributed by atoms with van der Waals surface area (Å²) in [6.45, 7) is 0. The van der Waals surface area contributed by atoms with Crippen LogP contribution in [-0.4, -0.2) is 0 Å². The van der Waals surface area contributed by atoms with Gasteiger partial charge in [0.2, 0.25) is 0 Å². The van der Waals surface area contributed by atoms with Crippen LogP contribution in [-0.2, 0) is 0 Å². The van der Waals surface area contributed by atoms with Crippen molar-refractivity contribution in [3.8, 4) is 33.4 Å². The molecule has 3 aromatic heterocycles. The standard InChI is InChI=1S/C52H28O3/c1-4-19-45-32(10-1)40-15-7-13-38(50(40)53-45)30-23-22-29-28-44(43-18-9-17-42-34-12-3-6-21-47(34)55-52(42)43)37-25-24-31(36-27-26-35(30)48(29)49(36)37)39-14-8-16-41-33-11-2-5-20-46(33)54-51(39)41/h1-28H. The van der Waals surface area contributed by atoms with Crippen molar-refractivity contribution in [2.75, 3.05) is 0 Å². The molecule has 0 spiro atoms. The molecule has 0 saturated heterocycles. The highest BCUT2D eigenvalue weighted by molar-refractivity contribution is 6.32. The van der Waals surface area contributed by atoms with Crippen molar-refractivity contribution in [3.05, 3.63) is 170 Å². The van der Waals surface area contributed by atoms with Crippen LogP contribution >= 0.6 is 0 Å². The third-order valence-electron chi connectivity index (χ3n) is 11.9. The van der Waals surface area contributed by atoms with E-state index in [1.807, 2.05) is 18.2 Å². The molecule has 0 atom stereocenters. The third-order valence-corrected chi connectivity index (χ3v) is 11.9. The van der Waals surface area contributed by atoms with Crippen LogP contribution in [0.3, 0.4) is 0 Å². The molecule has 254 valence electrons. The van der Waals surface area contributed by atoms with E-state index in [-0.39, 0.29) is 0 Å². The van der Waals surface area contributed by atoms with Crippen LogP contribution in [0.2, 0.25) is 0 Å². The SMILES string of the molecule is c1ccc2c(c1)oc1c(-c3ccc4cc(-c5cccc6c5oc5ccccc56)c5ccc(-c6cccc7c6oc6ccccc67)c6ccc3c4c65)cccc12. The zero-order valence-electron chi connectivity index (χ0n) is 29.4. The molecule has 3 nitrogen and oxygen atoms in total. The van der Waals surface area contributed by atoms with Gasteiger partial charge in [0.05, 0.1) is 0 Å². The Morgan fingerprint density at radius 3 is 1.13 bits per heavy atom. The molecule has 10 aromatic carbocycles. The lowest BCUT2D eigenvalue weighted by Gasteiger charge is -2.19. The minimum Gasteiger partial charge on any atom is -0.455 e. The van der Waals surface area contributed by atoms with Gasteiger partial charge in [0.1, 0.15) is 33.5 Å². The fraction of sp³-hybridized carbons (Fsp3) is 0. The van der Waals surface area contributed by atoms with Gasteiger partial charge in [0.15, 0.2) is 0 Å². The lowest BCUT2D eigenvalue weighted by molar-refractivity contribution is 0.669. The molecular weight excluding hydrogens is 673 g/mol. The van der Waals surface area contributed by atoms with Crippen LogP contribution in [0.5, 0.6) is 0 Å². The van der Waals surface area contributed by atoms with E-state index in [2.05, 4.69) is 152 Å². The van der Waals surface area contributed by atoms with Gasteiger partial charge in [-0.1, -0.05) is 146 Å². The molecular formula is C52H28O3. The Morgan fingerprint density at radius 2 is 0.618 bits per heavy atom. The maximum absolute atomic E-state index is 6.64. The van der Waals surface area contributed by atoms with E-state index in [1.54, 1.807) is 0 Å². The number of fused-ring (bicyclic) bond motifs is 9. The van der Waals surface area contributed by atoms with Gasteiger partial charge in [-0.15, -0.1) is 0 Å². The van der Waals surface area contributed by atoms with Crippen LogP contribution in [0.4, 0.5) is 0 Å². The summed E-state index contributed by atoms with van der Waals surface area (Å²) in [5.41, 5.74) is 12.1. The van der Waals surface area contributed by atoms with E-state index in [9.17, 15) is 0 Å². The summed E-state index contributed by atoms with van der Waals surface area (Å²) in [4.78, 5) is 0. The first-order valence-corrected chi connectivity index (χ1v) is 18.7. The Labute approximate surface area is 313 Å². The van der Waals surface area contributed by atoms with E-state index < -0.39 is 0 Å². The Morgan fingerprint density at radius 1 is 0.236 bits per heavy atom. The molecule has 0 unspecified atom stereocenters. The van der Waals surface area contributed by atoms with Gasteiger partial charge in [-0.25, -0.2) is 0 Å². The summed E-state index contributed by atoms with van der Waals surface area (Å²) < 4.78 is 19.9. The van der Waals surface area contributed by atoms with Crippen LogP contribution in [0.1, 0.15) is 0 Å². The van der Waals surface area contributed by atoms with Crippen LogP contribution in [0.15, 0.2) is 183 Å². The third kappa shape index (κ3) is 3.89. The maximum Gasteiger partial charge on any atom is 0.143 e. The lowest BCUT2D eigenvalue weighted by Crippen LogP contribution is -1.92. The summed E-state index contributed by atoms with van der Waals surface area (Å²) >= 11 is 0. The zero-order valence-corrected chi connectivity index (χ0v) is 29.4. The largest absolute Gasteiger partial charge is 0.455 e. The van der Waals surface area contributed by atoms with E-state index in [0.29, 0.717) is 0 Å². The van der Waals surface area contributed by atoms with Crippen molar-refractivity contribution in [1.82, 2.24) is 0 Å². The van der Waals surface area contributed by atoms with Gasteiger partial charge in [-0.05, 0) is 73.3 Å². The first kappa shape index (κ1) is 29.1. The van der Waals surface area contributed by atoms with E-state index in [0.717, 1.165) is 99.2 Å². The van der Waals surface area contributed by atoms with Crippen molar-refractivity contribution in [2.45, 2.75) is 0 Å². The normalized spacial score (nSPS) is 12.4. The van der Waals surface area contributed by atoms with Crippen LogP contribution in [0, 0.1) is 0 Å². The summed E-state index contributed by atoms with van der Waals surface area (Å²) in [5.74, 6) is 0. The van der Waals surface area contributed by atoms with Gasteiger partial charge in [-0.2, -0.15) is 0 Å². The topological polar surface area (TPSA) is 39.4 Å². The molecule has 3 heteroatoms. The first-order chi connectivity index (χ1) is 27.3. The summed E-state index contributed by atoms with van der Waals surface area (Å²) in [5, 5.41) is 13.9.